The van der Waals surface area contributed by atoms with E-state index in [-0.39, 0.29) is 29.7 Å². The molecule has 5 atom stereocenters. The highest BCUT2D eigenvalue weighted by molar-refractivity contribution is 5.97. The Hall–Kier alpha value is -0.860. The van der Waals surface area contributed by atoms with Crippen LogP contribution in [0.4, 0.5) is 0 Å². The van der Waals surface area contributed by atoms with Crippen molar-refractivity contribution in [1.82, 2.24) is 0 Å². The number of carbonyl (C=O) groups excluding carboxylic acids is 2. The third-order valence-electron chi connectivity index (χ3n) is 4.55. The van der Waals surface area contributed by atoms with Gasteiger partial charge in [0.15, 0.2) is 0 Å². The number of ether oxygens (including phenoxy) is 1. The summed E-state index contributed by atoms with van der Waals surface area (Å²) in [6.07, 6.45) is 2.06. The fourth-order valence-electron chi connectivity index (χ4n) is 3.60. The lowest BCUT2D eigenvalue weighted by Crippen LogP contribution is -2.40. The average Bonchev–Trinajstić information content (AvgIpc) is 2.63. The molecule has 0 spiro atoms. The van der Waals surface area contributed by atoms with Crippen molar-refractivity contribution in [1.29, 1.82) is 0 Å². The lowest BCUT2D eigenvalue weighted by Gasteiger charge is -2.39. The van der Waals surface area contributed by atoms with Gasteiger partial charge in [-0.1, -0.05) is 41.5 Å². The maximum absolute atomic E-state index is 11.8. The molecule has 2 aliphatic rings. The van der Waals surface area contributed by atoms with Crippen LogP contribution < -0.4 is 0 Å². The van der Waals surface area contributed by atoms with Crippen molar-refractivity contribution in [3.8, 4) is 0 Å². The van der Waals surface area contributed by atoms with Gasteiger partial charge in [-0.3, -0.25) is 9.59 Å². The highest BCUT2D eigenvalue weighted by Gasteiger charge is 2.54. The minimum atomic E-state index is -0.284. The second kappa shape index (κ2) is 6.53. The average molecular weight is 268 g/mol. The molecule has 110 valence electrons. The molecule has 0 N–H and O–H groups in total. The number of carbonyl (C=O) groups is 2. The minimum Gasteiger partial charge on any atom is -0.393 e. The summed E-state index contributed by atoms with van der Waals surface area (Å²) < 4.78 is 4.86. The fraction of sp³-hybridized carbons (Fsp3) is 0.875. The summed E-state index contributed by atoms with van der Waals surface area (Å²) in [4.78, 5) is 23.6. The zero-order valence-corrected chi connectivity index (χ0v) is 13.1. The summed E-state index contributed by atoms with van der Waals surface area (Å²) in [5, 5.41) is 0. The molecule has 1 aliphatic heterocycles. The van der Waals surface area contributed by atoms with E-state index in [1.54, 1.807) is 0 Å². The van der Waals surface area contributed by atoms with E-state index < -0.39 is 0 Å². The molecule has 0 bridgehead atoms. The van der Waals surface area contributed by atoms with E-state index in [4.69, 9.17) is 4.74 Å². The molecular formula is C16H28O3. The van der Waals surface area contributed by atoms with Crippen molar-refractivity contribution in [3.63, 3.8) is 0 Å². The molecule has 1 saturated carbocycles. The highest BCUT2D eigenvalue weighted by Crippen LogP contribution is 2.48. The Kier molecular flexibility index (Phi) is 5.57. The molecule has 0 aromatic heterocycles. The maximum atomic E-state index is 11.8. The molecule has 0 amide bonds. The molecule has 19 heavy (non-hydrogen) atoms. The lowest BCUT2D eigenvalue weighted by atomic mass is 9.62. The van der Waals surface area contributed by atoms with Crippen LogP contribution in [0.5, 0.6) is 0 Å². The first-order chi connectivity index (χ1) is 8.91. The second-order valence-corrected chi connectivity index (χ2v) is 6.25. The van der Waals surface area contributed by atoms with Crippen LogP contribution >= 0.6 is 0 Å². The zero-order chi connectivity index (χ0) is 14.7. The first-order valence-corrected chi connectivity index (χ1v) is 7.67. The van der Waals surface area contributed by atoms with Crippen molar-refractivity contribution in [2.75, 3.05) is 0 Å². The van der Waals surface area contributed by atoms with Gasteiger partial charge in [0.05, 0.1) is 11.8 Å². The summed E-state index contributed by atoms with van der Waals surface area (Å²) in [5.41, 5.74) is 0. The van der Waals surface area contributed by atoms with E-state index in [0.29, 0.717) is 17.8 Å². The van der Waals surface area contributed by atoms with E-state index in [1.165, 1.54) is 0 Å². The first-order valence-electron chi connectivity index (χ1n) is 7.67. The van der Waals surface area contributed by atoms with Crippen LogP contribution in [0.2, 0.25) is 0 Å². The number of hydrogen-bond donors (Lipinski definition) is 0. The van der Waals surface area contributed by atoms with Gasteiger partial charge in [0.25, 0.3) is 0 Å². The van der Waals surface area contributed by atoms with Gasteiger partial charge in [-0.25, -0.2) is 0 Å². The van der Waals surface area contributed by atoms with Gasteiger partial charge in [-0.15, -0.1) is 0 Å². The Morgan fingerprint density at radius 1 is 1.11 bits per heavy atom. The number of esters is 2. The SMILES string of the molecule is CC.CC(C)CC1CC(C)C(C)C2C(=O)OC(=O)C12. The summed E-state index contributed by atoms with van der Waals surface area (Å²) in [6, 6.07) is 0. The van der Waals surface area contributed by atoms with Gasteiger partial charge >= 0.3 is 11.9 Å². The zero-order valence-electron chi connectivity index (χ0n) is 13.1. The molecule has 2 fully saturated rings. The predicted octanol–water partition coefficient (Wildman–Crippen LogP) is 3.67. The molecule has 0 aromatic rings. The van der Waals surface area contributed by atoms with Crippen molar-refractivity contribution in [3.05, 3.63) is 0 Å². The van der Waals surface area contributed by atoms with Gasteiger partial charge < -0.3 is 4.74 Å². The van der Waals surface area contributed by atoms with Crippen LogP contribution in [0.15, 0.2) is 0 Å². The van der Waals surface area contributed by atoms with Crippen molar-refractivity contribution in [2.24, 2.45) is 35.5 Å². The third kappa shape index (κ3) is 3.18. The van der Waals surface area contributed by atoms with Gasteiger partial charge in [0.1, 0.15) is 0 Å². The van der Waals surface area contributed by atoms with Gasteiger partial charge in [0.2, 0.25) is 0 Å². The summed E-state index contributed by atoms with van der Waals surface area (Å²) in [5.74, 6) is 0.735. The molecule has 1 aliphatic carbocycles. The normalized spacial score (nSPS) is 37.5. The minimum absolute atomic E-state index is 0.170. The van der Waals surface area contributed by atoms with E-state index in [9.17, 15) is 9.59 Å². The highest BCUT2D eigenvalue weighted by atomic mass is 16.6. The number of rotatable bonds is 2. The summed E-state index contributed by atoms with van der Waals surface area (Å²) in [6.45, 7) is 12.6. The lowest BCUT2D eigenvalue weighted by molar-refractivity contribution is -0.154. The quantitative estimate of drug-likeness (QED) is 0.567. The van der Waals surface area contributed by atoms with Crippen molar-refractivity contribution < 1.29 is 14.3 Å². The Bertz CT molecular complexity index is 335. The van der Waals surface area contributed by atoms with Gasteiger partial charge in [-0.2, -0.15) is 0 Å². The molecular weight excluding hydrogens is 240 g/mol. The molecule has 5 unspecified atom stereocenters. The molecule has 1 saturated heterocycles. The monoisotopic (exact) mass is 268 g/mol. The third-order valence-corrected chi connectivity index (χ3v) is 4.55. The van der Waals surface area contributed by atoms with Crippen LogP contribution in [-0.4, -0.2) is 11.9 Å². The van der Waals surface area contributed by atoms with Crippen LogP contribution in [0.25, 0.3) is 0 Å². The van der Waals surface area contributed by atoms with E-state index in [2.05, 4.69) is 27.7 Å². The van der Waals surface area contributed by atoms with Crippen molar-refractivity contribution >= 4 is 11.9 Å². The Balaban J connectivity index is 0.000000861. The Morgan fingerprint density at radius 2 is 1.63 bits per heavy atom. The van der Waals surface area contributed by atoms with Crippen molar-refractivity contribution in [2.45, 2.75) is 54.4 Å². The standard InChI is InChI=1S/C14H22O3.C2H6/c1-7(2)5-10-6-8(3)9(4)11-12(10)14(16)17-13(11)15;1-2/h7-12H,5-6H2,1-4H3;1-2H3. The van der Waals surface area contributed by atoms with Crippen LogP contribution in [0, 0.1) is 35.5 Å². The number of hydrogen-bond acceptors (Lipinski definition) is 3. The molecule has 0 radical (unpaired) electrons. The van der Waals surface area contributed by atoms with Gasteiger partial charge in [0, 0.05) is 0 Å². The van der Waals surface area contributed by atoms with Crippen LogP contribution in [-0.2, 0) is 14.3 Å². The molecule has 3 nitrogen and oxygen atoms in total. The van der Waals surface area contributed by atoms with E-state index >= 15 is 0 Å². The number of fused-ring (bicyclic) bond motifs is 1. The van der Waals surface area contributed by atoms with Crippen LogP contribution in [0.1, 0.15) is 54.4 Å². The largest absolute Gasteiger partial charge is 0.393 e. The first kappa shape index (κ1) is 16.2. The fourth-order valence-corrected chi connectivity index (χ4v) is 3.60. The summed E-state index contributed by atoms with van der Waals surface area (Å²) >= 11 is 0. The topological polar surface area (TPSA) is 43.4 Å². The van der Waals surface area contributed by atoms with Gasteiger partial charge in [-0.05, 0) is 36.5 Å². The Morgan fingerprint density at radius 3 is 2.16 bits per heavy atom. The molecule has 1 heterocycles. The molecule has 0 aromatic carbocycles. The number of cyclic esters (lactones) is 2. The second-order valence-electron chi connectivity index (χ2n) is 6.25. The Labute approximate surface area is 117 Å². The predicted molar refractivity (Wildman–Crippen MR) is 75.3 cm³/mol. The molecule has 3 heteroatoms. The van der Waals surface area contributed by atoms with Crippen LogP contribution in [0.3, 0.4) is 0 Å². The molecule has 2 rings (SSSR count). The summed E-state index contributed by atoms with van der Waals surface area (Å²) in [7, 11) is 0. The van der Waals surface area contributed by atoms with E-state index in [0.717, 1.165) is 12.8 Å². The smallest absolute Gasteiger partial charge is 0.317 e. The maximum Gasteiger partial charge on any atom is 0.317 e. The van der Waals surface area contributed by atoms with E-state index in [1.807, 2.05) is 13.8 Å².